The topological polar surface area (TPSA) is 111 Å². The van der Waals surface area contributed by atoms with Crippen molar-refractivity contribution in [1.82, 2.24) is 15.0 Å². The first-order chi connectivity index (χ1) is 13.4. The zero-order valence-electron chi connectivity index (χ0n) is 15.1. The molecular formula is C20H18N4O3S. The summed E-state index contributed by atoms with van der Waals surface area (Å²) < 4.78 is 30.6. The Bertz CT molecular complexity index is 1250. The van der Waals surface area contributed by atoms with Crippen molar-refractivity contribution in [2.45, 2.75) is 10.6 Å². The molecule has 0 aliphatic heterocycles. The number of aromatic amines is 1. The van der Waals surface area contributed by atoms with Gasteiger partial charge in [-0.15, -0.1) is 0 Å². The summed E-state index contributed by atoms with van der Waals surface area (Å²) in [6, 6.07) is 15.4. The number of hydrogen-bond donors (Lipinski definition) is 2. The van der Waals surface area contributed by atoms with Gasteiger partial charge in [0.15, 0.2) is 15.7 Å². The molecule has 0 aliphatic carbocycles. The minimum Gasteiger partial charge on any atom is -0.497 e. The van der Waals surface area contributed by atoms with E-state index in [4.69, 9.17) is 10.5 Å². The number of nitrogens with two attached hydrogens (primary N) is 1. The third-order valence-electron chi connectivity index (χ3n) is 4.37. The van der Waals surface area contributed by atoms with Gasteiger partial charge < -0.3 is 15.5 Å². The number of benzene rings is 2. The highest BCUT2D eigenvalue weighted by Crippen LogP contribution is 2.24. The molecule has 2 aromatic heterocycles. The number of methoxy groups -OCH3 is 1. The summed E-state index contributed by atoms with van der Waals surface area (Å²) >= 11 is 0. The fraction of sp³-hybridized carbons (Fsp3) is 0.100. The molecule has 0 unspecified atom stereocenters. The van der Waals surface area contributed by atoms with Gasteiger partial charge in [0.25, 0.3) is 0 Å². The average Bonchev–Trinajstić information content (AvgIpc) is 3.15. The second kappa shape index (κ2) is 6.97. The van der Waals surface area contributed by atoms with Crippen LogP contribution in [0.4, 0.5) is 5.82 Å². The van der Waals surface area contributed by atoms with E-state index in [0.29, 0.717) is 17.3 Å². The highest BCUT2D eigenvalue weighted by Gasteiger charge is 2.18. The maximum absolute atomic E-state index is 12.8. The van der Waals surface area contributed by atoms with Crippen LogP contribution in [0.3, 0.4) is 0 Å². The quantitative estimate of drug-likeness (QED) is 0.538. The van der Waals surface area contributed by atoms with Gasteiger partial charge in [-0.2, -0.15) is 0 Å². The first-order valence-corrected chi connectivity index (χ1v) is 10.2. The number of nitrogens with zero attached hydrogens (tertiary/aromatic N) is 2. The van der Waals surface area contributed by atoms with Gasteiger partial charge >= 0.3 is 0 Å². The normalized spacial score (nSPS) is 11.6. The number of fused-ring (bicyclic) bond motifs is 1. The summed E-state index contributed by atoms with van der Waals surface area (Å²) in [7, 11) is -2.06. The molecule has 4 rings (SSSR count). The van der Waals surface area contributed by atoms with Crippen molar-refractivity contribution in [3.05, 3.63) is 66.5 Å². The predicted octanol–water partition coefficient (Wildman–Crippen LogP) is 3.19. The van der Waals surface area contributed by atoms with E-state index in [9.17, 15) is 8.42 Å². The molecule has 8 heteroatoms. The maximum atomic E-state index is 12.8. The van der Waals surface area contributed by atoms with Crippen LogP contribution in [0.15, 0.2) is 65.7 Å². The van der Waals surface area contributed by atoms with Gasteiger partial charge in [0.1, 0.15) is 11.6 Å². The molecule has 142 valence electrons. The van der Waals surface area contributed by atoms with Gasteiger partial charge in [0.2, 0.25) is 0 Å². The van der Waals surface area contributed by atoms with Gasteiger partial charge in [0, 0.05) is 28.7 Å². The van der Waals surface area contributed by atoms with Crippen LogP contribution in [0.2, 0.25) is 0 Å². The molecule has 0 aliphatic rings. The fourth-order valence-electron chi connectivity index (χ4n) is 2.98. The number of anilines is 1. The molecule has 7 nitrogen and oxygen atoms in total. The van der Waals surface area contributed by atoms with Crippen molar-refractivity contribution in [1.29, 1.82) is 0 Å². The summed E-state index contributed by atoms with van der Waals surface area (Å²) in [6.45, 7) is 0. The Balaban J connectivity index is 1.68. The summed E-state index contributed by atoms with van der Waals surface area (Å²) in [6.07, 6.45) is 1.85. The van der Waals surface area contributed by atoms with Gasteiger partial charge in [-0.05, 0) is 48.5 Å². The van der Waals surface area contributed by atoms with Crippen LogP contribution in [0.5, 0.6) is 5.75 Å². The van der Waals surface area contributed by atoms with E-state index in [1.165, 1.54) is 25.3 Å². The highest BCUT2D eigenvalue weighted by atomic mass is 32.2. The van der Waals surface area contributed by atoms with Crippen LogP contribution < -0.4 is 10.5 Å². The molecule has 4 aromatic rings. The van der Waals surface area contributed by atoms with Crippen LogP contribution in [0.25, 0.3) is 22.3 Å². The summed E-state index contributed by atoms with van der Waals surface area (Å²) in [4.78, 5) is 12.0. The van der Waals surface area contributed by atoms with E-state index in [2.05, 4.69) is 15.0 Å². The smallest absolute Gasteiger partial charge is 0.184 e. The Hall–Kier alpha value is -3.39. The molecule has 2 aromatic carbocycles. The maximum Gasteiger partial charge on any atom is 0.184 e. The summed E-state index contributed by atoms with van der Waals surface area (Å²) in [5.41, 5.74) is 8.02. The molecule has 0 saturated carbocycles. The zero-order chi connectivity index (χ0) is 19.7. The van der Waals surface area contributed by atoms with Crippen molar-refractivity contribution in [2.24, 2.45) is 0 Å². The highest BCUT2D eigenvalue weighted by molar-refractivity contribution is 7.90. The van der Waals surface area contributed by atoms with Crippen molar-refractivity contribution in [2.75, 3.05) is 12.8 Å². The molecule has 0 spiro atoms. The van der Waals surface area contributed by atoms with Gasteiger partial charge in [-0.25, -0.2) is 18.4 Å². The number of H-pyrrole nitrogens is 1. The Kier molecular flexibility index (Phi) is 4.48. The fourth-order valence-corrected chi connectivity index (χ4v) is 4.23. The minimum absolute atomic E-state index is 0.195. The van der Waals surface area contributed by atoms with Crippen molar-refractivity contribution in [3.8, 4) is 17.1 Å². The number of nitrogen functional groups attached to an aromatic ring is 1. The Morgan fingerprint density at radius 2 is 1.82 bits per heavy atom. The zero-order valence-corrected chi connectivity index (χ0v) is 15.9. The second-order valence-corrected chi connectivity index (χ2v) is 8.31. The van der Waals surface area contributed by atoms with E-state index >= 15 is 0 Å². The van der Waals surface area contributed by atoms with Crippen LogP contribution in [-0.4, -0.2) is 30.5 Å². The van der Waals surface area contributed by atoms with Crippen LogP contribution in [0, 0.1) is 0 Å². The number of ether oxygens (including phenoxy) is 1. The summed E-state index contributed by atoms with van der Waals surface area (Å²) in [5, 5.41) is 1.01. The number of sulfone groups is 1. The Morgan fingerprint density at radius 3 is 2.57 bits per heavy atom. The van der Waals surface area contributed by atoms with Crippen LogP contribution in [-0.2, 0) is 15.6 Å². The lowest BCUT2D eigenvalue weighted by molar-refractivity contribution is 0.414. The Labute approximate surface area is 162 Å². The number of rotatable bonds is 5. The Morgan fingerprint density at radius 1 is 1.04 bits per heavy atom. The lowest BCUT2D eigenvalue weighted by atomic mass is 10.1. The largest absolute Gasteiger partial charge is 0.497 e. The average molecular weight is 394 g/mol. The first-order valence-electron chi connectivity index (χ1n) is 8.52. The van der Waals surface area contributed by atoms with Crippen molar-refractivity contribution in [3.63, 3.8) is 0 Å². The van der Waals surface area contributed by atoms with E-state index < -0.39 is 9.84 Å². The van der Waals surface area contributed by atoms with E-state index in [1.54, 1.807) is 12.1 Å². The molecule has 28 heavy (non-hydrogen) atoms. The molecular weight excluding hydrogens is 376 g/mol. The van der Waals surface area contributed by atoms with Crippen molar-refractivity contribution >= 4 is 26.6 Å². The van der Waals surface area contributed by atoms with Gasteiger partial charge in [-0.1, -0.05) is 0 Å². The molecule has 0 amide bonds. The van der Waals surface area contributed by atoms with Crippen LogP contribution >= 0.6 is 0 Å². The predicted molar refractivity (Wildman–Crippen MR) is 108 cm³/mol. The molecule has 0 radical (unpaired) electrons. The second-order valence-electron chi connectivity index (χ2n) is 6.32. The number of aromatic nitrogens is 3. The standard InChI is InChI=1S/C20H18N4O3S/c1-27-16-3-5-17(6-4-16)28(25,26)12-15-11-19(21)24-20(23-15)14-2-7-18-13(10-14)8-9-22-18/h2-11,22H,12H2,1H3,(H2,21,23,24). The lowest BCUT2D eigenvalue weighted by Crippen LogP contribution is -2.08. The van der Waals surface area contributed by atoms with Crippen molar-refractivity contribution < 1.29 is 13.2 Å². The van der Waals surface area contributed by atoms with E-state index in [-0.39, 0.29) is 16.5 Å². The van der Waals surface area contributed by atoms with Gasteiger partial charge in [-0.3, -0.25) is 0 Å². The summed E-state index contributed by atoms with van der Waals surface area (Å²) in [5.74, 6) is 0.931. The van der Waals surface area contributed by atoms with E-state index in [0.717, 1.165) is 16.5 Å². The number of hydrogen-bond acceptors (Lipinski definition) is 6. The first kappa shape index (κ1) is 18.0. The van der Waals surface area contributed by atoms with E-state index in [1.807, 2.05) is 30.5 Å². The lowest BCUT2D eigenvalue weighted by Gasteiger charge is -2.08. The molecule has 0 bridgehead atoms. The van der Waals surface area contributed by atoms with Gasteiger partial charge in [0.05, 0.1) is 23.5 Å². The SMILES string of the molecule is COc1ccc(S(=O)(=O)Cc2cc(N)nc(-c3ccc4[nH]ccc4c3)n2)cc1. The third-order valence-corrected chi connectivity index (χ3v) is 6.03. The minimum atomic E-state index is -3.59. The monoisotopic (exact) mass is 394 g/mol. The molecule has 0 saturated heterocycles. The molecule has 0 atom stereocenters. The molecule has 2 heterocycles. The number of nitrogens with one attached hydrogen (secondary N) is 1. The third kappa shape index (κ3) is 3.54. The van der Waals surface area contributed by atoms with Crippen LogP contribution in [0.1, 0.15) is 5.69 Å². The molecule has 3 N–H and O–H groups in total. The molecule has 0 fully saturated rings.